The predicted octanol–water partition coefficient (Wildman–Crippen LogP) is 2.65. The van der Waals surface area contributed by atoms with Crippen LogP contribution in [0, 0.1) is 11.6 Å². The average Bonchev–Trinajstić information content (AvgIpc) is 2.35. The summed E-state index contributed by atoms with van der Waals surface area (Å²) in [6.45, 7) is 0. The highest BCUT2D eigenvalue weighted by Gasteiger charge is 2.13. The number of carbonyl (C=O) groups is 1. The SMILES string of the molecule is O=C(O)c1ccncc1Cc1cccc(F)c1F. The Kier molecular flexibility index (Phi) is 3.32. The number of hydrogen-bond acceptors (Lipinski definition) is 2. The van der Waals surface area contributed by atoms with Crippen LogP contribution in [0.1, 0.15) is 21.5 Å². The number of pyridine rings is 1. The van der Waals surface area contributed by atoms with Gasteiger partial charge in [-0.2, -0.15) is 0 Å². The summed E-state index contributed by atoms with van der Waals surface area (Å²) in [5.41, 5.74) is 0.480. The molecule has 1 aromatic heterocycles. The van der Waals surface area contributed by atoms with Crippen molar-refractivity contribution in [2.75, 3.05) is 0 Å². The summed E-state index contributed by atoms with van der Waals surface area (Å²) >= 11 is 0. The van der Waals surface area contributed by atoms with Crippen molar-refractivity contribution in [3.63, 3.8) is 0 Å². The average molecular weight is 249 g/mol. The molecule has 1 aromatic carbocycles. The number of benzene rings is 1. The summed E-state index contributed by atoms with van der Waals surface area (Å²) in [5.74, 6) is -3.03. The lowest BCUT2D eigenvalue weighted by Crippen LogP contribution is -2.05. The van der Waals surface area contributed by atoms with Crippen LogP contribution in [0.4, 0.5) is 8.78 Å². The minimum atomic E-state index is -1.12. The van der Waals surface area contributed by atoms with Crippen LogP contribution in [0.15, 0.2) is 36.7 Å². The Labute approximate surface area is 102 Å². The topological polar surface area (TPSA) is 50.2 Å². The van der Waals surface area contributed by atoms with Crippen molar-refractivity contribution >= 4 is 5.97 Å². The molecule has 0 spiro atoms. The number of carboxylic acid groups (broad SMARTS) is 1. The van der Waals surface area contributed by atoms with Gasteiger partial charge in [0.25, 0.3) is 0 Å². The van der Waals surface area contributed by atoms with Crippen LogP contribution >= 0.6 is 0 Å². The largest absolute Gasteiger partial charge is 0.478 e. The number of nitrogens with zero attached hydrogens (tertiary/aromatic N) is 1. The molecule has 2 rings (SSSR count). The molecule has 1 N–H and O–H groups in total. The first-order valence-electron chi connectivity index (χ1n) is 5.18. The van der Waals surface area contributed by atoms with Crippen molar-refractivity contribution in [1.82, 2.24) is 4.98 Å². The van der Waals surface area contributed by atoms with E-state index in [4.69, 9.17) is 5.11 Å². The molecule has 0 fully saturated rings. The lowest BCUT2D eigenvalue weighted by molar-refractivity contribution is 0.0695. The molecule has 0 atom stereocenters. The number of rotatable bonds is 3. The smallest absolute Gasteiger partial charge is 0.336 e. The molecular weight excluding hydrogens is 240 g/mol. The molecule has 0 aliphatic carbocycles. The van der Waals surface area contributed by atoms with Gasteiger partial charge in [0.1, 0.15) is 0 Å². The molecule has 0 aliphatic rings. The highest BCUT2D eigenvalue weighted by Crippen LogP contribution is 2.17. The third-order valence-electron chi connectivity index (χ3n) is 2.55. The van der Waals surface area contributed by atoms with Gasteiger partial charge in [0.05, 0.1) is 5.56 Å². The summed E-state index contributed by atoms with van der Waals surface area (Å²) in [5, 5.41) is 8.97. The molecule has 3 nitrogen and oxygen atoms in total. The maximum atomic E-state index is 13.5. The second-order valence-corrected chi connectivity index (χ2v) is 3.73. The highest BCUT2D eigenvalue weighted by molar-refractivity contribution is 5.89. The van der Waals surface area contributed by atoms with Gasteiger partial charge in [-0.15, -0.1) is 0 Å². The van der Waals surface area contributed by atoms with Crippen LogP contribution in [0.3, 0.4) is 0 Å². The van der Waals surface area contributed by atoms with Crippen LogP contribution < -0.4 is 0 Å². The summed E-state index contributed by atoms with van der Waals surface area (Å²) in [6.07, 6.45) is 2.67. The maximum absolute atomic E-state index is 13.5. The van der Waals surface area contributed by atoms with Crippen LogP contribution in [0.2, 0.25) is 0 Å². The zero-order chi connectivity index (χ0) is 13.1. The molecule has 1 heterocycles. The Hall–Kier alpha value is -2.30. The Bertz CT molecular complexity index is 599. The number of hydrogen-bond donors (Lipinski definition) is 1. The quantitative estimate of drug-likeness (QED) is 0.909. The fourth-order valence-corrected chi connectivity index (χ4v) is 1.67. The third kappa shape index (κ3) is 2.34. The zero-order valence-electron chi connectivity index (χ0n) is 9.23. The normalized spacial score (nSPS) is 10.3. The molecule has 92 valence electrons. The zero-order valence-corrected chi connectivity index (χ0v) is 9.23. The molecule has 0 saturated heterocycles. The van der Waals surface area contributed by atoms with Crippen molar-refractivity contribution < 1.29 is 18.7 Å². The van der Waals surface area contributed by atoms with Gasteiger partial charge in [-0.3, -0.25) is 4.98 Å². The molecule has 0 radical (unpaired) electrons. The van der Waals surface area contributed by atoms with E-state index in [2.05, 4.69) is 4.98 Å². The van der Waals surface area contributed by atoms with E-state index < -0.39 is 17.6 Å². The second kappa shape index (κ2) is 4.91. The van der Waals surface area contributed by atoms with Gasteiger partial charge in [0.15, 0.2) is 11.6 Å². The molecule has 18 heavy (non-hydrogen) atoms. The third-order valence-corrected chi connectivity index (χ3v) is 2.55. The van der Waals surface area contributed by atoms with Gasteiger partial charge in [0.2, 0.25) is 0 Å². The Morgan fingerprint density at radius 2 is 2.00 bits per heavy atom. The van der Waals surface area contributed by atoms with E-state index in [-0.39, 0.29) is 17.5 Å². The Morgan fingerprint density at radius 1 is 1.22 bits per heavy atom. The van der Waals surface area contributed by atoms with E-state index in [1.807, 2.05) is 0 Å². The lowest BCUT2D eigenvalue weighted by Gasteiger charge is -2.06. The van der Waals surface area contributed by atoms with Crippen LogP contribution in [0.25, 0.3) is 0 Å². The van der Waals surface area contributed by atoms with Crippen LogP contribution in [-0.4, -0.2) is 16.1 Å². The van der Waals surface area contributed by atoms with Crippen molar-refractivity contribution in [3.8, 4) is 0 Å². The van der Waals surface area contributed by atoms with E-state index in [0.29, 0.717) is 5.56 Å². The highest BCUT2D eigenvalue weighted by atomic mass is 19.2. The molecule has 0 bridgehead atoms. The van der Waals surface area contributed by atoms with Crippen molar-refractivity contribution in [3.05, 3.63) is 65.0 Å². The summed E-state index contributed by atoms with van der Waals surface area (Å²) in [6, 6.07) is 5.14. The van der Waals surface area contributed by atoms with E-state index in [1.165, 1.54) is 30.6 Å². The number of carboxylic acids is 1. The van der Waals surface area contributed by atoms with Crippen molar-refractivity contribution in [2.24, 2.45) is 0 Å². The molecule has 2 aromatic rings. The molecule has 5 heteroatoms. The molecule has 0 saturated carbocycles. The molecule has 0 aliphatic heterocycles. The first kappa shape index (κ1) is 12.2. The van der Waals surface area contributed by atoms with E-state index in [0.717, 1.165) is 6.07 Å². The van der Waals surface area contributed by atoms with Crippen molar-refractivity contribution in [2.45, 2.75) is 6.42 Å². The second-order valence-electron chi connectivity index (χ2n) is 3.73. The van der Waals surface area contributed by atoms with Crippen molar-refractivity contribution in [1.29, 1.82) is 0 Å². The first-order valence-corrected chi connectivity index (χ1v) is 5.18. The molecular formula is C13H9F2NO2. The van der Waals surface area contributed by atoms with Gasteiger partial charge in [-0.05, 0) is 23.3 Å². The fraction of sp³-hybridized carbons (Fsp3) is 0.0769. The van der Waals surface area contributed by atoms with Crippen LogP contribution in [-0.2, 0) is 6.42 Å². The fourth-order valence-electron chi connectivity index (χ4n) is 1.67. The summed E-state index contributed by atoms with van der Waals surface area (Å²) < 4.78 is 26.5. The summed E-state index contributed by atoms with van der Waals surface area (Å²) in [4.78, 5) is 14.8. The van der Waals surface area contributed by atoms with Crippen LogP contribution in [0.5, 0.6) is 0 Å². The Balaban J connectivity index is 2.40. The van der Waals surface area contributed by atoms with Gasteiger partial charge in [0, 0.05) is 18.8 Å². The Morgan fingerprint density at radius 3 is 2.72 bits per heavy atom. The lowest BCUT2D eigenvalue weighted by atomic mass is 10.0. The molecule has 0 unspecified atom stereocenters. The minimum absolute atomic E-state index is 0.0148. The van der Waals surface area contributed by atoms with Gasteiger partial charge in [-0.25, -0.2) is 13.6 Å². The monoisotopic (exact) mass is 249 g/mol. The number of halogens is 2. The standard InChI is InChI=1S/C13H9F2NO2/c14-11-3-1-2-8(12(11)15)6-9-7-16-5-4-10(9)13(17)18/h1-5,7H,6H2,(H,17,18). The van der Waals surface area contributed by atoms with E-state index in [1.54, 1.807) is 0 Å². The van der Waals surface area contributed by atoms with E-state index >= 15 is 0 Å². The van der Waals surface area contributed by atoms with Gasteiger partial charge in [-0.1, -0.05) is 12.1 Å². The predicted molar refractivity (Wildman–Crippen MR) is 60.4 cm³/mol. The number of aromatic nitrogens is 1. The number of aromatic carboxylic acids is 1. The summed E-state index contributed by atoms with van der Waals surface area (Å²) in [7, 11) is 0. The first-order chi connectivity index (χ1) is 8.59. The maximum Gasteiger partial charge on any atom is 0.336 e. The van der Waals surface area contributed by atoms with Gasteiger partial charge >= 0.3 is 5.97 Å². The van der Waals surface area contributed by atoms with Gasteiger partial charge < -0.3 is 5.11 Å². The minimum Gasteiger partial charge on any atom is -0.478 e. The molecule has 0 amide bonds. The van der Waals surface area contributed by atoms with E-state index in [9.17, 15) is 13.6 Å².